The van der Waals surface area contributed by atoms with Gasteiger partial charge in [0.15, 0.2) is 0 Å². The number of ether oxygens (including phenoxy) is 1. The topological polar surface area (TPSA) is 70.6 Å². The highest BCUT2D eigenvalue weighted by molar-refractivity contribution is 5.90. The molecule has 2 rings (SSSR count). The second kappa shape index (κ2) is 8.36. The number of carbonyl (C=O) groups is 1. The van der Waals surface area contributed by atoms with E-state index in [0.717, 1.165) is 16.9 Å². The smallest absolute Gasteiger partial charge is 0.319 e. The normalized spacial score (nSPS) is 13.0. The van der Waals surface area contributed by atoms with Crippen LogP contribution in [0.1, 0.15) is 13.8 Å². The van der Waals surface area contributed by atoms with Gasteiger partial charge in [-0.25, -0.2) is 4.79 Å². The number of urea groups is 1. The number of aliphatic hydroxyl groups excluding tert-OH is 1. The Morgan fingerprint density at radius 2 is 1.92 bits per heavy atom. The van der Waals surface area contributed by atoms with Crippen LogP contribution in [0.4, 0.5) is 10.5 Å². The van der Waals surface area contributed by atoms with Crippen molar-refractivity contribution in [3.05, 3.63) is 48.5 Å². The maximum absolute atomic E-state index is 12.1. The highest BCUT2D eigenvalue weighted by Crippen LogP contribution is 2.30. The second-order valence-corrected chi connectivity index (χ2v) is 5.83. The molecule has 5 nitrogen and oxygen atoms in total. The van der Waals surface area contributed by atoms with E-state index >= 15 is 0 Å². The van der Waals surface area contributed by atoms with Gasteiger partial charge in [0.05, 0.1) is 7.11 Å². The van der Waals surface area contributed by atoms with Crippen LogP contribution in [0.3, 0.4) is 0 Å². The molecular formula is C19H24N2O3. The van der Waals surface area contributed by atoms with Crippen molar-refractivity contribution in [1.29, 1.82) is 0 Å². The van der Waals surface area contributed by atoms with Gasteiger partial charge >= 0.3 is 6.03 Å². The van der Waals surface area contributed by atoms with Crippen LogP contribution in [0, 0.1) is 5.92 Å². The lowest BCUT2D eigenvalue weighted by atomic mass is 10.0. The number of nitrogens with one attached hydrogen (secondary N) is 2. The van der Waals surface area contributed by atoms with Crippen molar-refractivity contribution in [1.82, 2.24) is 5.32 Å². The van der Waals surface area contributed by atoms with Crippen molar-refractivity contribution in [3.8, 4) is 16.9 Å². The molecule has 0 saturated heterocycles. The summed E-state index contributed by atoms with van der Waals surface area (Å²) in [6, 6.07) is 14.9. The van der Waals surface area contributed by atoms with Crippen molar-refractivity contribution in [2.45, 2.75) is 19.9 Å². The zero-order valence-corrected chi connectivity index (χ0v) is 14.2. The third-order valence-corrected chi connectivity index (χ3v) is 4.04. The Morgan fingerprint density at radius 1 is 1.17 bits per heavy atom. The highest BCUT2D eigenvalue weighted by Gasteiger charge is 2.14. The molecule has 0 aliphatic carbocycles. The highest BCUT2D eigenvalue weighted by atomic mass is 16.5. The van der Waals surface area contributed by atoms with Gasteiger partial charge < -0.3 is 20.5 Å². The average Bonchev–Trinajstić information content (AvgIpc) is 2.60. The molecule has 0 radical (unpaired) electrons. The predicted molar refractivity (Wildman–Crippen MR) is 96.3 cm³/mol. The summed E-state index contributed by atoms with van der Waals surface area (Å²) >= 11 is 0. The van der Waals surface area contributed by atoms with Crippen LogP contribution in [0.5, 0.6) is 5.75 Å². The van der Waals surface area contributed by atoms with Gasteiger partial charge in [-0.3, -0.25) is 0 Å². The molecule has 128 valence electrons. The number of aliphatic hydroxyl groups is 1. The van der Waals surface area contributed by atoms with Gasteiger partial charge in [0.2, 0.25) is 0 Å². The molecule has 2 atom stereocenters. The number of para-hydroxylation sites is 1. The summed E-state index contributed by atoms with van der Waals surface area (Å²) in [5.74, 6) is 0.778. The Kier molecular flexibility index (Phi) is 6.21. The van der Waals surface area contributed by atoms with E-state index in [9.17, 15) is 4.79 Å². The summed E-state index contributed by atoms with van der Waals surface area (Å²) in [5, 5.41) is 14.8. The molecule has 2 aromatic carbocycles. The van der Waals surface area contributed by atoms with Crippen molar-refractivity contribution in [3.63, 3.8) is 0 Å². The molecule has 5 heteroatoms. The second-order valence-electron chi connectivity index (χ2n) is 5.83. The van der Waals surface area contributed by atoms with E-state index in [0.29, 0.717) is 5.69 Å². The molecule has 0 heterocycles. The number of hydrogen-bond donors (Lipinski definition) is 3. The first-order valence-electron chi connectivity index (χ1n) is 7.97. The molecule has 0 bridgehead atoms. The van der Waals surface area contributed by atoms with E-state index in [1.165, 1.54) is 0 Å². The molecule has 3 N–H and O–H groups in total. The summed E-state index contributed by atoms with van der Waals surface area (Å²) < 4.78 is 5.39. The molecule has 24 heavy (non-hydrogen) atoms. The van der Waals surface area contributed by atoms with E-state index in [-0.39, 0.29) is 24.6 Å². The Balaban J connectivity index is 2.12. The largest absolute Gasteiger partial charge is 0.496 e. The van der Waals surface area contributed by atoms with Crippen molar-refractivity contribution in [2.75, 3.05) is 19.0 Å². The zero-order chi connectivity index (χ0) is 17.5. The van der Waals surface area contributed by atoms with Crippen LogP contribution in [0.25, 0.3) is 11.1 Å². The van der Waals surface area contributed by atoms with Crippen molar-refractivity contribution >= 4 is 11.7 Å². The predicted octanol–water partition coefficient (Wildman–Crippen LogP) is 3.50. The lowest BCUT2D eigenvalue weighted by molar-refractivity contribution is 0.204. The summed E-state index contributed by atoms with van der Waals surface area (Å²) in [4.78, 5) is 12.1. The molecule has 0 saturated carbocycles. The van der Waals surface area contributed by atoms with E-state index in [2.05, 4.69) is 10.6 Å². The monoisotopic (exact) mass is 328 g/mol. The number of methoxy groups -OCH3 is 1. The van der Waals surface area contributed by atoms with Crippen LogP contribution in [0.2, 0.25) is 0 Å². The van der Waals surface area contributed by atoms with Gasteiger partial charge in [0.1, 0.15) is 5.75 Å². The number of benzene rings is 2. The molecule has 2 aromatic rings. The first kappa shape index (κ1) is 17.8. The maximum Gasteiger partial charge on any atom is 0.319 e. The van der Waals surface area contributed by atoms with Gasteiger partial charge in [-0.05, 0) is 36.6 Å². The van der Waals surface area contributed by atoms with E-state index in [4.69, 9.17) is 9.84 Å². The molecule has 0 aliphatic heterocycles. The standard InChI is InChI=1S/C19H24N2O3/c1-13(12-22)14(2)20-19(23)21-16-8-6-7-15(11-16)17-9-4-5-10-18(17)24-3/h4-11,13-14,22H,12H2,1-3H3,(H2,20,21,23). The van der Waals surface area contributed by atoms with Crippen LogP contribution >= 0.6 is 0 Å². The number of hydrogen-bond acceptors (Lipinski definition) is 3. The Bertz CT molecular complexity index is 688. The third kappa shape index (κ3) is 4.49. The molecule has 2 amide bonds. The van der Waals surface area contributed by atoms with Crippen molar-refractivity contribution < 1.29 is 14.6 Å². The number of carbonyl (C=O) groups excluding carboxylic acids is 1. The summed E-state index contributed by atoms with van der Waals surface area (Å²) in [6.45, 7) is 3.78. The summed E-state index contributed by atoms with van der Waals surface area (Å²) in [6.07, 6.45) is 0. The molecule has 0 fully saturated rings. The lowest BCUT2D eigenvalue weighted by Gasteiger charge is -2.19. The number of rotatable bonds is 6. The number of anilines is 1. The van der Waals surface area contributed by atoms with Crippen LogP contribution in [0.15, 0.2) is 48.5 Å². The third-order valence-electron chi connectivity index (χ3n) is 4.04. The fraction of sp³-hybridized carbons (Fsp3) is 0.316. The Morgan fingerprint density at radius 3 is 2.62 bits per heavy atom. The molecular weight excluding hydrogens is 304 g/mol. The van der Waals surface area contributed by atoms with Gasteiger partial charge in [-0.15, -0.1) is 0 Å². The van der Waals surface area contributed by atoms with Crippen LogP contribution in [-0.2, 0) is 0 Å². The lowest BCUT2D eigenvalue weighted by Crippen LogP contribution is -2.40. The minimum Gasteiger partial charge on any atom is -0.496 e. The quantitative estimate of drug-likeness (QED) is 0.760. The maximum atomic E-state index is 12.1. The zero-order valence-electron chi connectivity index (χ0n) is 14.2. The summed E-state index contributed by atoms with van der Waals surface area (Å²) in [7, 11) is 1.64. The average molecular weight is 328 g/mol. The Labute approximate surface area is 142 Å². The molecule has 0 aromatic heterocycles. The minimum absolute atomic E-state index is 0.00401. The van der Waals surface area contributed by atoms with Gasteiger partial charge in [-0.2, -0.15) is 0 Å². The first-order valence-corrected chi connectivity index (χ1v) is 7.97. The first-order chi connectivity index (χ1) is 11.5. The SMILES string of the molecule is COc1ccccc1-c1cccc(NC(=O)NC(C)C(C)CO)c1. The molecule has 2 unspecified atom stereocenters. The van der Waals surface area contributed by atoms with Gasteiger partial charge in [0, 0.05) is 23.9 Å². The fourth-order valence-corrected chi connectivity index (χ4v) is 2.32. The fourth-order valence-electron chi connectivity index (χ4n) is 2.32. The Hall–Kier alpha value is -2.53. The van der Waals surface area contributed by atoms with Crippen LogP contribution in [-0.4, -0.2) is 30.9 Å². The number of amides is 2. The molecule has 0 aliphatic rings. The summed E-state index contributed by atoms with van der Waals surface area (Å²) in [5.41, 5.74) is 2.62. The van der Waals surface area contributed by atoms with Gasteiger partial charge in [0.25, 0.3) is 0 Å². The van der Waals surface area contributed by atoms with E-state index in [1.54, 1.807) is 7.11 Å². The van der Waals surface area contributed by atoms with Gasteiger partial charge in [-0.1, -0.05) is 37.3 Å². The van der Waals surface area contributed by atoms with E-state index in [1.807, 2.05) is 62.4 Å². The minimum atomic E-state index is -0.292. The molecule has 0 spiro atoms. The van der Waals surface area contributed by atoms with Crippen LogP contribution < -0.4 is 15.4 Å². The van der Waals surface area contributed by atoms with Crippen molar-refractivity contribution in [2.24, 2.45) is 5.92 Å². The van der Waals surface area contributed by atoms with E-state index < -0.39 is 0 Å².